The number of nitrogens with one attached hydrogen (secondary N) is 1. The van der Waals surface area contributed by atoms with Gasteiger partial charge in [0.2, 0.25) is 0 Å². The number of benzene rings is 3. The minimum absolute atomic E-state index is 0.0393. The molecule has 1 saturated heterocycles. The summed E-state index contributed by atoms with van der Waals surface area (Å²) in [5.74, 6) is 0. The molecule has 32 heavy (non-hydrogen) atoms. The molecule has 0 amide bonds. The van der Waals surface area contributed by atoms with Crippen molar-refractivity contribution < 1.29 is 26.3 Å². The number of halogens is 3. The summed E-state index contributed by atoms with van der Waals surface area (Å²) in [4.78, 5) is 1.77. The van der Waals surface area contributed by atoms with Crippen molar-refractivity contribution in [3.8, 4) is 11.1 Å². The Morgan fingerprint density at radius 2 is 1.47 bits per heavy atom. The van der Waals surface area contributed by atoms with E-state index in [9.17, 15) is 21.6 Å². The highest BCUT2D eigenvalue weighted by Crippen LogP contribution is 2.36. The molecular formula is C23H21F3N2O3S. The fourth-order valence-corrected chi connectivity index (χ4v) is 4.60. The molecule has 1 N–H and O–H groups in total. The van der Waals surface area contributed by atoms with Crippen LogP contribution in [0.5, 0.6) is 0 Å². The third kappa shape index (κ3) is 4.89. The second-order valence-corrected chi connectivity index (χ2v) is 9.01. The van der Waals surface area contributed by atoms with Gasteiger partial charge in [-0.1, -0.05) is 42.5 Å². The van der Waals surface area contributed by atoms with Gasteiger partial charge in [0, 0.05) is 13.1 Å². The van der Waals surface area contributed by atoms with Crippen LogP contribution in [0.3, 0.4) is 0 Å². The summed E-state index contributed by atoms with van der Waals surface area (Å²) < 4.78 is 73.6. The molecule has 3 aromatic rings. The van der Waals surface area contributed by atoms with Crippen LogP contribution >= 0.6 is 0 Å². The summed E-state index contributed by atoms with van der Waals surface area (Å²) in [5, 5.41) is 0. The van der Waals surface area contributed by atoms with E-state index in [0.717, 1.165) is 23.3 Å². The molecule has 0 unspecified atom stereocenters. The van der Waals surface area contributed by atoms with E-state index in [1.54, 1.807) is 17.0 Å². The van der Waals surface area contributed by atoms with E-state index in [1.165, 1.54) is 18.2 Å². The molecule has 1 fully saturated rings. The number of anilines is 2. The number of alkyl halides is 3. The number of hydrogen-bond acceptors (Lipinski definition) is 4. The van der Waals surface area contributed by atoms with Crippen molar-refractivity contribution in [3.63, 3.8) is 0 Å². The number of ether oxygens (including phenoxy) is 1. The van der Waals surface area contributed by atoms with Crippen molar-refractivity contribution in [2.75, 3.05) is 35.9 Å². The van der Waals surface area contributed by atoms with Gasteiger partial charge in [-0.25, -0.2) is 8.42 Å². The molecule has 0 aliphatic carbocycles. The lowest BCUT2D eigenvalue weighted by Crippen LogP contribution is -2.36. The summed E-state index contributed by atoms with van der Waals surface area (Å²) in [6.45, 7) is 1.72. The zero-order valence-corrected chi connectivity index (χ0v) is 17.8. The molecule has 168 valence electrons. The predicted molar refractivity (Wildman–Crippen MR) is 117 cm³/mol. The molecule has 3 aromatic carbocycles. The van der Waals surface area contributed by atoms with E-state index in [1.807, 2.05) is 30.3 Å². The molecule has 4 rings (SSSR count). The molecule has 0 atom stereocenters. The minimum atomic E-state index is -4.60. The van der Waals surface area contributed by atoms with E-state index in [-0.39, 0.29) is 10.6 Å². The number of rotatable bonds is 5. The maximum absolute atomic E-state index is 13.3. The van der Waals surface area contributed by atoms with Crippen molar-refractivity contribution in [2.24, 2.45) is 0 Å². The fourth-order valence-electron chi connectivity index (χ4n) is 3.53. The molecule has 0 bridgehead atoms. The van der Waals surface area contributed by atoms with Gasteiger partial charge >= 0.3 is 6.18 Å². The lowest BCUT2D eigenvalue weighted by atomic mass is 10.1. The Morgan fingerprint density at radius 3 is 2.09 bits per heavy atom. The maximum atomic E-state index is 13.3. The monoisotopic (exact) mass is 462 g/mol. The molecule has 0 aromatic heterocycles. The van der Waals surface area contributed by atoms with Crippen molar-refractivity contribution in [2.45, 2.75) is 11.1 Å². The van der Waals surface area contributed by atoms with E-state index in [4.69, 9.17) is 4.74 Å². The first-order valence-electron chi connectivity index (χ1n) is 9.96. The van der Waals surface area contributed by atoms with Gasteiger partial charge in [-0.15, -0.1) is 0 Å². The SMILES string of the molecule is O=S(=O)(Nc1cc(C(F)(F)F)ccc1N1CCOCC1)c1ccc(-c2ccccc2)cc1. The van der Waals surface area contributed by atoms with Crippen LogP contribution in [0.4, 0.5) is 24.5 Å². The van der Waals surface area contributed by atoms with Gasteiger partial charge in [-0.2, -0.15) is 13.2 Å². The van der Waals surface area contributed by atoms with E-state index < -0.39 is 21.8 Å². The van der Waals surface area contributed by atoms with E-state index in [2.05, 4.69) is 4.72 Å². The third-order valence-corrected chi connectivity index (χ3v) is 6.57. The van der Waals surface area contributed by atoms with Gasteiger partial charge in [0.05, 0.1) is 35.0 Å². The van der Waals surface area contributed by atoms with Crippen molar-refractivity contribution >= 4 is 21.4 Å². The van der Waals surface area contributed by atoms with Gasteiger partial charge in [0.1, 0.15) is 0 Å². The van der Waals surface area contributed by atoms with Gasteiger partial charge in [-0.3, -0.25) is 4.72 Å². The average molecular weight is 462 g/mol. The first kappa shape index (κ1) is 22.2. The van der Waals surface area contributed by atoms with Crippen molar-refractivity contribution in [3.05, 3.63) is 78.4 Å². The normalized spacial score (nSPS) is 14.9. The van der Waals surface area contributed by atoms with Gasteiger partial charge in [0.25, 0.3) is 10.0 Å². The number of sulfonamides is 1. The van der Waals surface area contributed by atoms with Crippen LogP contribution in [0, 0.1) is 0 Å². The molecule has 9 heteroatoms. The molecule has 0 radical (unpaired) electrons. The third-order valence-electron chi connectivity index (χ3n) is 5.19. The fraction of sp³-hybridized carbons (Fsp3) is 0.217. The zero-order chi connectivity index (χ0) is 22.8. The molecule has 1 aliphatic rings. The van der Waals surface area contributed by atoms with Crippen LogP contribution in [0.2, 0.25) is 0 Å². The van der Waals surface area contributed by atoms with Gasteiger partial charge in [-0.05, 0) is 41.5 Å². The van der Waals surface area contributed by atoms with Crippen LogP contribution in [0.15, 0.2) is 77.7 Å². The van der Waals surface area contributed by atoms with Crippen LogP contribution in [-0.2, 0) is 20.9 Å². The number of morpholine rings is 1. The molecule has 1 aliphatic heterocycles. The summed E-state index contributed by atoms with van der Waals surface area (Å²) in [7, 11) is -4.11. The summed E-state index contributed by atoms with van der Waals surface area (Å²) in [5.41, 5.74) is 1.10. The van der Waals surface area contributed by atoms with Gasteiger partial charge < -0.3 is 9.64 Å². The Bertz CT molecular complexity index is 1180. The number of nitrogens with zero attached hydrogens (tertiary/aromatic N) is 1. The number of hydrogen-bond donors (Lipinski definition) is 1. The van der Waals surface area contributed by atoms with Crippen molar-refractivity contribution in [1.29, 1.82) is 0 Å². The lowest BCUT2D eigenvalue weighted by molar-refractivity contribution is -0.137. The highest BCUT2D eigenvalue weighted by molar-refractivity contribution is 7.92. The summed E-state index contributed by atoms with van der Waals surface area (Å²) in [6, 6.07) is 18.7. The van der Waals surface area contributed by atoms with Crippen molar-refractivity contribution in [1.82, 2.24) is 0 Å². The Labute approximate surface area is 184 Å². The average Bonchev–Trinajstić information content (AvgIpc) is 2.79. The van der Waals surface area contributed by atoms with Crippen LogP contribution in [0.1, 0.15) is 5.56 Å². The molecule has 1 heterocycles. The Hall–Kier alpha value is -3.04. The predicted octanol–water partition coefficient (Wildman–Crippen LogP) is 5.01. The molecule has 0 spiro atoms. The maximum Gasteiger partial charge on any atom is 0.416 e. The molecule has 0 saturated carbocycles. The topological polar surface area (TPSA) is 58.6 Å². The lowest BCUT2D eigenvalue weighted by Gasteiger charge is -2.31. The quantitative estimate of drug-likeness (QED) is 0.579. The van der Waals surface area contributed by atoms with Crippen LogP contribution < -0.4 is 9.62 Å². The van der Waals surface area contributed by atoms with Crippen LogP contribution in [-0.4, -0.2) is 34.7 Å². The molecular weight excluding hydrogens is 441 g/mol. The summed E-state index contributed by atoms with van der Waals surface area (Å²) >= 11 is 0. The first-order valence-corrected chi connectivity index (χ1v) is 11.4. The standard InChI is InChI=1S/C23H21F3N2O3S/c24-23(25,26)19-8-11-22(28-12-14-31-15-13-28)21(16-19)27-32(29,30)20-9-6-18(7-10-20)17-4-2-1-3-5-17/h1-11,16,27H,12-15H2. The molecule has 5 nitrogen and oxygen atoms in total. The Kier molecular flexibility index (Phi) is 6.12. The highest BCUT2D eigenvalue weighted by Gasteiger charge is 2.32. The van der Waals surface area contributed by atoms with Gasteiger partial charge in [0.15, 0.2) is 0 Å². The zero-order valence-electron chi connectivity index (χ0n) is 17.0. The van der Waals surface area contributed by atoms with E-state index in [0.29, 0.717) is 32.0 Å². The second-order valence-electron chi connectivity index (χ2n) is 7.33. The smallest absolute Gasteiger partial charge is 0.378 e. The second kappa shape index (κ2) is 8.84. The first-order chi connectivity index (χ1) is 15.2. The highest BCUT2D eigenvalue weighted by atomic mass is 32.2. The van der Waals surface area contributed by atoms with E-state index >= 15 is 0 Å². The largest absolute Gasteiger partial charge is 0.416 e. The summed E-state index contributed by atoms with van der Waals surface area (Å²) in [6.07, 6.45) is -4.60. The minimum Gasteiger partial charge on any atom is -0.378 e. The Morgan fingerprint density at radius 1 is 0.844 bits per heavy atom. The Balaban J connectivity index is 1.66. The van der Waals surface area contributed by atoms with Crippen LogP contribution in [0.25, 0.3) is 11.1 Å².